The van der Waals surface area contributed by atoms with Crippen molar-refractivity contribution in [2.45, 2.75) is 6.92 Å². The zero-order chi connectivity index (χ0) is 22.1. The van der Waals surface area contributed by atoms with E-state index < -0.39 is 11.9 Å². The fourth-order valence-electron chi connectivity index (χ4n) is 3.64. The fraction of sp³-hybridized carbons (Fsp3) is 0.0400. The predicted molar refractivity (Wildman–Crippen MR) is 125 cm³/mol. The van der Waals surface area contributed by atoms with E-state index in [0.717, 1.165) is 38.0 Å². The normalized spacial score (nSPS) is 10.8. The molecule has 4 aromatic carbocycles. The van der Waals surface area contributed by atoms with Gasteiger partial charge in [0.05, 0.1) is 16.8 Å². The number of hydrogen-bond acceptors (Lipinski definition) is 3. The minimum Gasteiger partial charge on any atom is -0.506 e. The maximum atomic E-state index is 13.4. The van der Waals surface area contributed by atoms with Gasteiger partial charge in [0.2, 0.25) is 0 Å². The van der Waals surface area contributed by atoms with E-state index in [2.05, 4.69) is 27.3 Å². The van der Waals surface area contributed by atoms with Gasteiger partial charge < -0.3 is 15.5 Å². The zero-order valence-electron chi connectivity index (χ0n) is 16.5. The number of carboxylic acids is 1. The van der Waals surface area contributed by atoms with Crippen molar-refractivity contribution < 1.29 is 19.8 Å². The van der Waals surface area contributed by atoms with Crippen LogP contribution in [0.25, 0.3) is 21.9 Å². The third-order valence-corrected chi connectivity index (χ3v) is 5.66. The maximum absolute atomic E-state index is 13.4. The molecule has 0 aromatic heterocycles. The summed E-state index contributed by atoms with van der Waals surface area (Å²) in [5.41, 5.74) is 3.30. The molecule has 6 heteroatoms. The van der Waals surface area contributed by atoms with Crippen LogP contribution in [0.15, 0.2) is 77.3 Å². The topological polar surface area (TPSA) is 86.6 Å². The van der Waals surface area contributed by atoms with Crippen molar-refractivity contribution in [2.24, 2.45) is 0 Å². The molecule has 0 unspecified atom stereocenters. The van der Waals surface area contributed by atoms with E-state index >= 15 is 0 Å². The van der Waals surface area contributed by atoms with E-state index in [1.54, 1.807) is 0 Å². The maximum Gasteiger partial charge on any atom is 0.335 e. The lowest BCUT2D eigenvalue weighted by Crippen LogP contribution is -2.15. The Bertz CT molecular complexity index is 1330. The number of rotatable bonds is 4. The average Bonchev–Trinajstić information content (AvgIpc) is 2.75. The van der Waals surface area contributed by atoms with E-state index in [0.29, 0.717) is 5.56 Å². The standard InChI is InChI=1S/C25H18BrNO4/c1-14-19(15-5-3-2-4-6-15)11-16-7-9-18(26)13-20(16)23(14)24(29)27-21-10-8-17(25(30)31)12-22(21)28/h2-13,28H,1H3,(H,27,29)(H,30,31). The summed E-state index contributed by atoms with van der Waals surface area (Å²) in [5, 5.41) is 23.7. The lowest BCUT2D eigenvalue weighted by Gasteiger charge is -2.16. The van der Waals surface area contributed by atoms with Crippen molar-refractivity contribution in [3.63, 3.8) is 0 Å². The van der Waals surface area contributed by atoms with Gasteiger partial charge in [-0.05, 0) is 70.8 Å². The second-order valence-corrected chi connectivity index (χ2v) is 8.06. The third kappa shape index (κ3) is 4.02. The van der Waals surface area contributed by atoms with Crippen LogP contribution in [0.2, 0.25) is 0 Å². The lowest BCUT2D eigenvalue weighted by molar-refractivity contribution is 0.0696. The first-order valence-electron chi connectivity index (χ1n) is 9.51. The van der Waals surface area contributed by atoms with Crippen LogP contribution in [-0.2, 0) is 0 Å². The van der Waals surface area contributed by atoms with Crippen LogP contribution in [0.3, 0.4) is 0 Å². The van der Waals surface area contributed by atoms with Crippen LogP contribution in [0.1, 0.15) is 26.3 Å². The molecule has 0 radical (unpaired) electrons. The van der Waals surface area contributed by atoms with Gasteiger partial charge in [-0.2, -0.15) is 0 Å². The number of phenolic OH excluding ortho intramolecular Hbond substituents is 1. The number of aromatic carboxylic acids is 1. The van der Waals surface area contributed by atoms with E-state index in [1.165, 1.54) is 12.1 Å². The summed E-state index contributed by atoms with van der Waals surface area (Å²) < 4.78 is 0.842. The van der Waals surface area contributed by atoms with Crippen LogP contribution in [0.5, 0.6) is 5.75 Å². The predicted octanol–water partition coefficient (Wildman–Crippen LogP) is 6.23. The van der Waals surface area contributed by atoms with Gasteiger partial charge in [0.25, 0.3) is 5.91 Å². The molecule has 5 nitrogen and oxygen atoms in total. The van der Waals surface area contributed by atoms with Gasteiger partial charge in [-0.15, -0.1) is 0 Å². The Morgan fingerprint density at radius 3 is 2.35 bits per heavy atom. The molecule has 0 saturated heterocycles. The Kier molecular flexibility index (Phi) is 5.48. The Balaban J connectivity index is 1.85. The molecule has 4 aromatic rings. The van der Waals surface area contributed by atoms with Crippen molar-refractivity contribution in [1.29, 1.82) is 0 Å². The Morgan fingerprint density at radius 1 is 0.935 bits per heavy atom. The molecule has 1 amide bonds. The highest BCUT2D eigenvalue weighted by atomic mass is 79.9. The SMILES string of the molecule is Cc1c(-c2ccccc2)cc2ccc(Br)cc2c1C(=O)Nc1ccc(C(=O)O)cc1O. The Hall–Kier alpha value is -3.64. The number of nitrogens with one attached hydrogen (secondary N) is 1. The molecule has 0 aliphatic rings. The third-order valence-electron chi connectivity index (χ3n) is 5.17. The van der Waals surface area contributed by atoms with E-state index in [-0.39, 0.29) is 17.0 Å². The molecule has 0 saturated carbocycles. The van der Waals surface area contributed by atoms with Crippen LogP contribution in [0, 0.1) is 6.92 Å². The Labute approximate surface area is 187 Å². The number of phenols is 1. The summed E-state index contributed by atoms with van der Waals surface area (Å²) in [6.07, 6.45) is 0. The largest absolute Gasteiger partial charge is 0.506 e. The smallest absolute Gasteiger partial charge is 0.335 e. The number of amides is 1. The molecule has 0 aliphatic carbocycles. The number of carbonyl (C=O) groups is 2. The zero-order valence-corrected chi connectivity index (χ0v) is 18.1. The van der Waals surface area contributed by atoms with Crippen molar-refractivity contribution >= 4 is 44.3 Å². The first-order valence-corrected chi connectivity index (χ1v) is 10.3. The highest BCUT2D eigenvalue weighted by Crippen LogP contribution is 2.35. The average molecular weight is 476 g/mol. The number of carboxylic acid groups (broad SMARTS) is 1. The molecule has 0 aliphatic heterocycles. The van der Waals surface area contributed by atoms with Gasteiger partial charge in [-0.3, -0.25) is 4.79 Å². The van der Waals surface area contributed by atoms with Gasteiger partial charge in [0.15, 0.2) is 0 Å². The van der Waals surface area contributed by atoms with Gasteiger partial charge in [-0.1, -0.05) is 52.3 Å². The number of halogens is 1. The van der Waals surface area contributed by atoms with Crippen molar-refractivity contribution in [2.75, 3.05) is 5.32 Å². The van der Waals surface area contributed by atoms with Crippen LogP contribution in [0.4, 0.5) is 5.69 Å². The molecular weight excluding hydrogens is 458 g/mol. The van der Waals surface area contributed by atoms with Crippen LogP contribution < -0.4 is 5.32 Å². The number of aromatic hydroxyl groups is 1. The van der Waals surface area contributed by atoms with Gasteiger partial charge in [-0.25, -0.2) is 4.79 Å². The number of hydrogen-bond donors (Lipinski definition) is 3. The Morgan fingerprint density at radius 2 is 1.68 bits per heavy atom. The summed E-state index contributed by atoms with van der Waals surface area (Å²) in [6.45, 7) is 1.89. The summed E-state index contributed by atoms with van der Waals surface area (Å²) in [4.78, 5) is 24.5. The van der Waals surface area contributed by atoms with Crippen molar-refractivity contribution in [3.05, 3.63) is 94.0 Å². The molecule has 0 atom stereocenters. The summed E-state index contributed by atoms with van der Waals surface area (Å²) in [7, 11) is 0. The van der Waals surface area contributed by atoms with Crippen LogP contribution in [-0.4, -0.2) is 22.1 Å². The molecule has 0 spiro atoms. The summed E-state index contributed by atoms with van der Waals surface area (Å²) in [6, 6.07) is 21.5. The number of anilines is 1. The number of fused-ring (bicyclic) bond motifs is 1. The second kappa shape index (κ2) is 8.24. The van der Waals surface area contributed by atoms with Gasteiger partial charge in [0.1, 0.15) is 5.75 Å². The monoisotopic (exact) mass is 475 g/mol. The molecule has 31 heavy (non-hydrogen) atoms. The first kappa shape index (κ1) is 20.6. The molecule has 154 valence electrons. The van der Waals surface area contributed by atoms with E-state index in [9.17, 15) is 14.7 Å². The molecule has 0 heterocycles. The molecule has 4 rings (SSSR count). The van der Waals surface area contributed by atoms with Gasteiger partial charge in [0, 0.05) is 4.47 Å². The summed E-state index contributed by atoms with van der Waals surface area (Å²) in [5.74, 6) is -1.86. The number of carbonyl (C=O) groups excluding carboxylic acids is 1. The van der Waals surface area contributed by atoms with Crippen LogP contribution >= 0.6 is 15.9 Å². The van der Waals surface area contributed by atoms with E-state index in [4.69, 9.17) is 5.11 Å². The molecule has 0 fully saturated rings. The first-order chi connectivity index (χ1) is 14.8. The number of benzene rings is 4. The minimum atomic E-state index is -1.16. The highest BCUT2D eigenvalue weighted by molar-refractivity contribution is 9.10. The lowest BCUT2D eigenvalue weighted by atomic mass is 9.91. The summed E-state index contributed by atoms with van der Waals surface area (Å²) >= 11 is 3.48. The minimum absolute atomic E-state index is 0.0628. The molecular formula is C25H18BrNO4. The van der Waals surface area contributed by atoms with Crippen molar-refractivity contribution in [1.82, 2.24) is 0 Å². The van der Waals surface area contributed by atoms with Crippen molar-refractivity contribution in [3.8, 4) is 16.9 Å². The molecule has 3 N–H and O–H groups in total. The highest BCUT2D eigenvalue weighted by Gasteiger charge is 2.19. The fourth-order valence-corrected chi connectivity index (χ4v) is 4.00. The second-order valence-electron chi connectivity index (χ2n) is 7.15. The van der Waals surface area contributed by atoms with E-state index in [1.807, 2.05) is 55.5 Å². The molecule has 0 bridgehead atoms. The quantitative estimate of drug-likeness (QED) is 0.305. The van der Waals surface area contributed by atoms with Gasteiger partial charge >= 0.3 is 5.97 Å².